The minimum absolute atomic E-state index is 0.908. The molecular weight excluding hydrogens is 224 g/mol. The lowest BCUT2D eigenvalue weighted by molar-refractivity contribution is -0.525. The zero-order valence-electron chi connectivity index (χ0n) is 11.2. The van der Waals surface area contributed by atoms with Crippen molar-refractivity contribution in [3.05, 3.63) is 29.5 Å². The Kier molecular flexibility index (Phi) is 2.62. The fourth-order valence-corrected chi connectivity index (χ4v) is 2.90. The number of fused-ring (bicyclic) bond motifs is 3. The van der Waals surface area contributed by atoms with Gasteiger partial charge in [0, 0.05) is 30.3 Å². The van der Waals surface area contributed by atoms with Crippen LogP contribution in [0.15, 0.2) is 18.2 Å². The molecule has 0 saturated heterocycles. The number of nitrogens with one attached hydrogen (secondary N) is 1. The summed E-state index contributed by atoms with van der Waals surface area (Å²) in [6.07, 6.45) is 1.12. The lowest BCUT2D eigenvalue weighted by Crippen LogP contribution is -2.27. The quantitative estimate of drug-likeness (QED) is 0.807. The second-order valence-electron chi connectivity index (χ2n) is 4.81. The van der Waals surface area contributed by atoms with E-state index in [1.807, 2.05) is 6.07 Å². The molecule has 1 aliphatic heterocycles. The molecule has 1 aromatic heterocycles. The van der Waals surface area contributed by atoms with E-state index in [0.29, 0.717) is 0 Å². The van der Waals surface area contributed by atoms with Crippen LogP contribution in [0, 0.1) is 0 Å². The molecule has 1 aromatic carbocycles. The molecule has 0 fully saturated rings. The summed E-state index contributed by atoms with van der Waals surface area (Å²) in [6, 6.07) is 6.29. The Morgan fingerprint density at radius 2 is 2.22 bits per heavy atom. The van der Waals surface area contributed by atoms with Crippen molar-refractivity contribution in [3.8, 4) is 5.75 Å². The molecule has 0 unspecified atom stereocenters. The van der Waals surface area contributed by atoms with Gasteiger partial charge in [-0.3, -0.25) is 0 Å². The first kappa shape index (κ1) is 11.3. The number of hydrogen-bond acceptors (Lipinski definition) is 1. The molecule has 0 bridgehead atoms. The zero-order chi connectivity index (χ0) is 12.7. The lowest BCUT2D eigenvalue weighted by atomic mass is 10.0. The third-order valence-corrected chi connectivity index (χ3v) is 3.96. The van der Waals surface area contributed by atoms with Crippen molar-refractivity contribution < 1.29 is 9.31 Å². The van der Waals surface area contributed by atoms with Crippen LogP contribution < -0.4 is 4.74 Å². The van der Waals surface area contributed by atoms with Crippen molar-refractivity contribution in [1.82, 2.24) is 4.98 Å². The molecule has 94 valence electrons. The van der Waals surface area contributed by atoms with Crippen molar-refractivity contribution >= 4 is 16.6 Å². The molecule has 0 radical (unpaired) electrons. The molecule has 0 spiro atoms. The topological polar surface area (TPSA) is 28.0 Å². The van der Waals surface area contributed by atoms with E-state index in [2.05, 4.69) is 35.5 Å². The summed E-state index contributed by atoms with van der Waals surface area (Å²) in [4.78, 5) is 3.55. The molecule has 3 nitrogen and oxygen atoms in total. The smallest absolute Gasteiger partial charge is 0.196 e. The molecule has 0 amide bonds. The maximum Gasteiger partial charge on any atom is 0.196 e. The van der Waals surface area contributed by atoms with E-state index < -0.39 is 0 Å². The fraction of sp³-hybridized carbons (Fsp3) is 0.400. The number of H-pyrrole nitrogens is 1. The number of nitrogens with zero attached hydrogens (tertiary/aromatic N) is 1. The summed E-state index contributed by atoms with van der Waals surface area (Å²) in [7, 11) is 1.71. The molecule has 1 N–H and O–H groups in total. The van der Waals surface area contributed by atoms with Gasteiger partial charge in [0.2, 0.25) is 0 Å². The highest BCUT2D eigenvalue weighted by molar-refractivity contribution is 6.02. The second kappa shape index (κ2) is 4.16. The molecule has 18 heavy (non-hydrogen) atoms. The van der Waals surface area contributed by atoms with Gasteiger partial charge in [-0.25, -0.2) is 4.58 Å². The third-order valence-electron chi connectivity index (χ3n) is 3.96. The highest BCUT2D eigenvalue weighted by Crippen LogP contribution is 2.28. The number of hydrogen-bond donors (Lipinski definition) is 1. The standard InChI is InChI=1S/C15H18N2O/c1-4-17-8-7-13-12-6-5-11(18-3)9-14(12)16-15(13)10(17)2/h5-6,9H,4,7-8H2,1-3H3/p+1. The predicted molar refractivity (Wildman–Crippen MR) is 74.0 cm³/mol. The van der Waals surface area contributed by atoms with Crippen LogP contribution in [0.5, 0.6) is 5.75 Å². The van der Waals surface area contributed by atoms with Crippen molar-refractivity contribution in [2.24, 2.45) is 0 Å². The Hall–Kier alpha value is -1.77. The number of methoxy groups -OCH3 is 1. The molecule has 0 atom stereocenters. The van der Waals surface area contributed by atoms with E-state index in [9.17, 15) is 0 Å². The Morgan fingerprint density at radius 3 is 2.94 bits per heavy atom. The van der Waals surface area contributed by atoms with Crippen LogP contribution in [0.25, 0.3) is 10.9 Å². The van der Waals surface area contributed by atoms with Gasteiger partial charge in [0.15, 0.2) is 5.71 Å². The normalized spacial score (nSPS) is 15.1. The Balaban J connectivity index is 2.23. The predicted octanol–water partition coefficient (Wildman–Crippen LogP) is 2.57. The average Bonchev–Trinajstić information content (AvgIpc) is 2.77. The van der Waals surface area contributed by atoms with E-state index >= 15 is 0 Å². The maximum atomic E-state index is 5.29. The Bertz CT molecular complexity index is 637. The monoisotopic (exact) mass is 243 g/mol. The van der Waals surface area contributed by atoms with Crippen LogP contribution in [0.4, 0.5) is 0 Å². The van der Waals surface area contributed by atoms with Crippen molar-refractivity contribution in [2.75, 3.05) is 20.2 Å². The van der Waals surface area contributed by atoms with Crippen LogP contribution in [-0.2, 0) is 6.42 Å². The van der Waals surface area contributed by atoms with E-state index in [4.69, 9.17) is 4.74 Å². The number of ether oxygens (including phenoxy) is 1. The highest BCUT2D eigenvalue weighted by atomic mass is 16.5. The first-order valence-corrected chi connectivity index (χ1v) is 6.52. The number of aromatic nitrogens is 1. The molecular formula is C15H19N2O+. The Morgan fingerprint density at radius 1 is 1.39 bits per heavy atom. The minimum atomic E-state index is 0.908. The molecule has 0 aliphatic carbocycles. The number of benzene rings is 1. The van der Waals surface area contributed by atoms with Gasteiger partial charge >= 0.3 is 0 Å². The summed E-state index contributed by atoms with van der Waals surface area (Å²) < 4.78 is 7.71. The largest absolute Gasteiger partial charge is 0.497 e. The van der Waals surface area contributed by atoms with Crippen molar-refractivity contribution in [3.63, 3.8) is 0 Å². The van der Waals surface area contributed by atoms with Crippen LogP contribution >= 0.6 is 0 Å². The van der Waals surface area contributed by atoms with Crippen LogP contribution in [0.1, 0.15) is 25.1 Å². The number of likely N-dealkylation sites (N-methyl/N-ethyl adjacent to an activating group) is 1. The van der Waals surface area contributed by atoms with E-state index in [-0.39, 0.29) is 0 Å². The first-order chi connectivity index (χ1) is 8.74. The summed E-state index contributed by atoms with van der Waals surface area (Å²) in [5, 5.41) is 1.33. The summed E-state index contributed by atoms with van der Waals surface area (Å²) >= 11 is 0. The van der Waals surface area contributed by atoms with Crippen LogP contribution in [0.2, 0.25) is 0 Å². The minimum Gasteiger partial charge on any atom is -0.497 e. The van der Waals surface area contributed by atoms with E-state index in [1.54, 1.807) is 7.11 Å². The Labute approximate surface area is 107 Å². The molecule has 0 saturated carbocycles. The molecule has 3 heteroatoms. The fourth-order valence-electron chi connectivity index (χ4n) is 2.90. The third kappa shape index (κ3) is 1.54. The highest BCUT2D eigenvalue weighted by Gasteiger charge is 2.24. The maximum absolute atomic E-state index is 5.29. The van der Waals surface area contributed by atoms with Gasteiger partial charge in [-0.2, -0.15) is 0 Å². The van der Waals surface area contributed by atoms with E-state index in [0.717, 1.165) is 25.3 Å². The van der Waals surface area contributed by atoms with Gasteiger partial charge in [0.25, 0.3) is 0 Å². The first-order valence-electron chi connectivity index (χ1n) is 6.52. The van der Waals surface area contributed by atoms with Gasteiger partial charge in [-0.15, -0.1) is 0 Å². The average molecular weight is 243 g/mol. The molecule has 2 aromatic rings. The summed E-state index contributed by atoms with van der Waals surface area (Å²) in [6.45, 7) is 6.60. The van der Waals surface area contributed by atoms with Gasteiger partial charge in [0.1, 0.15) is 24.5 Å². The van der Waals surface area contributed by atoms with Crippen molar-refractivity contribution in [1.29, 1.82) is 0 Å². The SMILES string of the molecule is CC[N+]1=C(C)c2[nH]c3cc(OC)ccc3c2CC1. The molecule has 2 heterocycles. The molecule has 1 aliphatic rings. The van der Waals surface area contributed by atoms with E-state index in [1.165, 1.54) is 27.9 Å². The number of rotatable bonds is 2. The summed E-state index contributed by atoms with van der Waals surface area (Å²) in [5.41, 5.74) is 5.28. The summed E-state index contributed by atoms with van der Waals surface area (Å²) in [5.74, 6) is 0.908. The van der Waals surface area contributed by atoms with Crippen LogP contribution in [0.3, 0.4) is 0 Å². The second-order valence-corrected chi connectivity index (χ2v) is 4.81. The molecule has 3 rings (SSSR count). The van der Waals surface area contributed by atoms with Gasteiger partial charge in [-0.1, -0.05) is 0 Å². The zero-order valence-corrected chi connectivity index (χ0v) is 11.2. The van der Waals surface area contributed by atoms with Gasteiger partial charge < -0.3 is 9.72 Å². The van der Waals surface area contributed by atoms with Crippen molar-refractivity contribution in [2.45, 2.75) is 20.3 Å². The van der Waals surface area contributed by atoms with Gasteiger partial charge in [0.05, 0.1) is 7.11 Å². The number of aromatic amines is 1. The van der Waals surface area contributed by atoms with Crippen LogP contribution in [-0.4, -0.2) is 35.5 Å². The van der Waals surface area contributed by atoms with Gasteiger partial charge in [-0.05, 0) is 24.6 Å². The lowest BCUT2D eigenvalue weighted by Gasteiger charge is -2.12.